The predicted octanol–water partition coefficient (Wildman–Crippen LogP) is 0.620. The number of hydrogen-bond acceptors (Lipinski definition) is 9. The van der Waals surface area contributed by atoms with Crippen LogP contribution in [0.5, 0.6) is 0 Å². The van der Waals surface area contributed by atoms with E-state index in [2.05, 4.69) is 35.6 Å². The zero-order valence-electron chi connectivity index (χ0n) is 6.62. The Morgan fingerprint density at radius 3 is 1.73 bits per heavy atom. The summed E-state index contributed by atoms with van der Waals surface area (Å²) in [7, 11) is 0. The van der Waals surface area contributed by atoms with Crippen LogP contribution in [0.4, 0.5) is 11.6 Å². The minimum Gasteiger partial charge on any atom is -0.337 e. The van der Waals surface area contributed by atoms with Gasteiger partial charge in [0.1, 0.15) is 10.2 Å². The Labute approximate surface area is 78.7 Å². The molecule has 13 nitrogen and oxygen atoms in total. The van der Waals surface area contributed by atoms with Crippen molar-refractivity contribution in [3.63, 3.8) is 0 Å². The van der Waals surface area contributed by atoms with Crippen molar-refractivity contribution in [1.29, 1.82) is 0 Å². The van der Waals surface area contributed by atoms with Crippen LogP contribution in [0.1, 0.15) is 0 Å². The van der Waals surface area contributed by atoms with Crippen molar-refractivity contribution < 1.29 is 14.7 Å². The zero-order chi connectivity index (χ0) is 11.3. The highest BCUT2D eigenvalue weighted by Crippen LogP contribution is 2.22. The normalized spacial score (nSPS) is 11.2. The SMILES string of the molecule is O=[N+]([O-])N=Nc1nonc1N=N[N+](=O)[O-]. The summed E-state index contributed by atoms with van der Waals surface area (Å²) in [6, 6.07) is 0. The Hall–Kier alpha value is -2.86. The summed E-state index contributed by atoms with van der Waals surface area (Å²) in [6.45, 7) is 0. The summed E-state index contributed by atoms with van der Waals surface area (Å²) in [5, 5.41) is 34.2. The Bertz CT molecular complexity index is 393. The van der Waals surface area contributed by atoms with Gasteiger partial charge in [0, 0.05) is 10.3 Å². The highest BCUT2D eigenvalue weighted by atomic mass is 16.7. The summed E-state index contributed by atoms with van der Waals surface area (Å²) in [5.74, 6) is -0.977. The molecule has 0 N–H and O–H groups in total. The molecule has 78 valence electrons. The molecule has 1 aromatic rings. The van der Waals surface area contributed by atoms with Crippen LogP contribution in [0, 0.1) is 20.2 Å². The average Bonchev–Trinajstić information content (AvgIpc) is 2.58. The van der Waals surface area contributed by atoms with Crippen LogP contribution in [-0.4, -0.2) is 20.4 Å². The molecule has 0 unspecified atom stereocenters. The quantitative estimate of drug-likeness (QED) is 0.402. The molecule has 0 saturated carbocycles. The second-order valence-electron chi connectivity index (χ2n) is 1.77. The molecule has 13 heteroatoms. The third kappa shape index (κ3) is 3.17. The lowest BCUT2D eigenvalue weighted by Gasteiger charge is -1.74. The summed E-state index contributed by atoms with van der Waals surface area (Å²) < 4.78 is 4.06. The van der Waals surface area contributed by atoms with Gasteiger partial charge in [-0.25, -0.2) is 4.63 Å². The molecule has 1 aromatic heterocycles. The molecule has 0 bridgehead atoms. The van der Waals surface area contributed by atoms with Gasteiger partial charge in [0.2, 0.25) is 0 Å². The van der Waals surface area contributed by atoms with Crippen LogP contribution >= 0.6 is 0 Å². The largest absolute Gasteiger partial charge is 0.407 e. The van der Waals surface area contributed by atoms with Crippen LogP contribution in [0.15, 0.2) is 25.3 Å². The van der Waals surface area contributed by atoms with E-state index in [0.29, 0.717) is 0 Å². The van der Waals surface area contributed by atoms with Crippen LogP contribution in [0.25, 0.3) is 0 Å². The fourth-order valence-corrected chi connectivity index (χ4v) is 0.463. The predicted molar refractivity (Wildman–Crippen MR) is 37.3 cm³/mol. The van der Waals surface area contributed by atoms with E-state index in [-0.39, 0.29) is 0 Å². The molecular formula is C2N8O5. The van der Waals surface area contributed by atoms with E-state index in [9.17, 15) is 20.2 Å². The van der Waals surface area contributed by atoms with E-state index < -0.39 is 21.7 Å². The summed E-state index contributed by atoms with van der Waals surface area (Å²) in [4.78, 5) is 19.6. The maximum atomic E-state index is 9.78. The molecule has 0 spiro atoms. The highest BCUT2D eigenvalue weighted by Gasteiger charge is 2.21. The van der Waals surface area contributed by atoms with Crippen molar-refractivity contribution in [1.82, 2.24) is 10.3 Å². The van der Waals surface area contributed by atoms with E-state index in [4.69, 9.17) is 0 Å². The number of rotatable bonds is 4. The fraction of sp³-hybridized carbons (Fsp3) is 0. The van der Waals surface area contributed by atoms with Gasteiger partial charge in [-0.1, -0.05) is 0 Å². The molecular weight excluding hydrogens is 216 g/mol. The standard InChI is InChI=1S/C2N8O5/c11-9(12)7-3-1-2(6-15-5-1)4-8-10(13)14. The molecule has 0 aliphatic heterocycles. The van der Waals surface area contributed by atoms with Gasteiger partial charge in [0.25, 0.3) is 0 Å². The topological polar surface area (TPSA) is 175 Å². The molecule has 0 aliphatic rings. The van der Waals surface area contributed by atoms with Crippen molar-refractivity contribution in [3.05, 3.63) is 20.2 Å². The maximum Gasteiger partial charge on any atom is 0.407 e. The Morgan fingerprint density at radius 1 is 1.00 bits per heavy atom. The smallest absolute Gasteiger partial charge is 0.337 e. The van der Waals surface area contributed by atoms with Crippen molar-refractivity contribution in [2.75, 3.05) is 0 Å². The lowest BCUT2D eigenvalue weighted by atomic mass is 10.7. The first-order valence-electron chi connectivity index (χ1n) is 3.04. The molecule has 0 saturated heterocycles. The van der Waals surface area contributed by atoms with Crippen molar-refractivity contribution in [2.24, 2.45) is 20.7 Å². The van der Waals surface area contributed by atoms with Gasteiger partial charge in [-0.05, 0) is 0 Å². The van der Waals surface area contributed by atoms with Gasteiger partial charge in [-0.3, -0.25) is 0 Å². The van der Waals surface area contributed by atoms with Crippen LogP contribution in [0.3, 0.4) is 0 Å². The molecule has 1 heterocycles. The molecule has 0 aromatic carbocycles. The van der Waals surface area contributed by atoms with Crippen LogP contribution in [0.2, 0.25) is 0 Å². The second kappa shape index (κ2) is 4.40. The molecule has 0 aliphatic carbocycles. The van der Waals surface area contributed by atoms with Gasteiger partial charge < -0.3 is 20.2 Å². The number of hydrogen-bond donors (Lipinski definition) is 0. The van der Waals surface area contributed by atoms with E-state index >= 15 is 0 Å². The van der Waals surface area contributed by atoms with Gasteiger partial charge in [0.05, 0.1) is 10.1 Å². The van der Waals surface area contributed by atoms with Crippen molar-refractivity contribution in [2.45, 2.75) is 0 Å². The van der Waals surface area contributed by atoms with Crippen LogP contribution in [-0.2, 0) is 0 Å². The first-order chi connectivity index (χ1) is 7.09. The number of aromatic nitrogens is 2. The molecule has 0 atom stereocenters. The summed E-state index contributed by atoms with van der Waals surface area (Å²) in [6.07, 6.45) is 0. The lowest BCUT2D eigenvalue weighted by molar-refractivity contribution is -0.494. The van der Waals surface area contributed by atoms with Gasteiger partial charge in [-0.15, -0.1) is 0 Å². The van der Waals surface area contributed by atoms with Gasteiger partial charge in [0.15, 0.2) is 10.4 Å². The van der Waals surface area contributed by atoms with Crippen molar-refractivity contribution >= 4 is 11.6 Å². The Kier molecular flexibility index (Phi) is 3.00. The minimum absolute atomic E-state index is 0.489. The molecule has 1 rings (SSSR count). The second-order valence-corrected chi connectivity index (χ2v) is 1.77. The summed E-state index contributed by atoms with van der Waals surface area (Å²) in [5.41, 5.74) is 0. The fourth-order valence-electron chi connectivity index (χ4n) is 0.463. The number of nitro groups is 2. The monoisotopic (exact) mass is 216 g/mol. The average molecular weight is 216 g/mol. The van der Waals surface area contributed by atoms with E-state index in [1.54, 1.807) is 0 Å². The third-order valence-electron chi connectivity index (χ3n) is 0.880. The Balaban J connectivity index is 2.87. The maximum absolute atomic E-state index is 9.78. The number of nitrogens with zero attached hydrogens (tertiary/aromatic N) is 8. The van der Waals surface area contributed by atoms with E-state index in [1.807, 2.05) is 0 Å². The van der Waals surface area contributed by atoms with Gasteiger partial charge >= 0.3 is 11.6 Å². The molecule has 0 amide bonds. The molecule has 15 heavy (non-hydrogen) atoms. The third-order valence-corrected chi connectivity index (χ3v) is 0.880. The van der Waals surface area contributed by atoms with Crippen LogP contribution < -0.4 is 0 Å². The van der Waals surface area contributed by atoms with E-state index in [0.717, 1.165) is 0 Å². The summed E-state index contributed by atoms with van der Waals surface area (Å²) >= 11 is 0. The van der Waals surface area contributed by atoms with Crippen molar-refractivity contribution in [3.8, 4) is 0 Å². The minimum atomic E-state index is -1.11. The van der Waals surface area contributed by atoms with Gasteiger partial charge in [-0.2, -0.15) is 0 Å². The first-order valence-corrected chi connectivity index (χ1v) is 3.04. The highest BCUT2D eigenvalue weighted by molar-refractivity contribution is 5.46. The van der Waals surface area contributed by atoms with E-state index in [1.165, 1.54) is 0 Å². The molecule has 0 radical (unpaired) electrons. The molecule has 0 fully saturated rings. The first kappa shape index (κ1) is 10.2. The Morgan fingerprint density at radius 2 is 1.40 bits per heavy atom. The lowest BCUT2D eigenvalue weighted by Crippen LogP contribution is -1.81. The zero-order valence-corrected chi connectivity index (χ0v) is 6.62.